The van der Waals surface area contributed by atoms with Crippen molar-refractivity contribution in [1.29, 1.82) is 0 Å². The monoisotopic (exact) mass is 512 g/mol. The molecule has 190 valence electrons. The number of carbonyl (C=O) groups is 3. The summed E-state index contributed by atoms with van der Waals surface area (Å²) in [4.78, 5) is 38.3. The van der Waals surface area contributed by atoms with Crippen molar-refractivity contribution in [3.63, 3.8) is 0 Å². The summed E-state index contributed by atoms with van der Waals surface area (Å²) in [7, 11) is 1.71. The highest BCUT2D eigenvalue weighted by Gasteiger charge is 2.35. The molecule has 10 heteroatoms. The van der Waals surface area contributed by atoms with Crippen molar-refractivity contribution in [2.24, 2.45) is 5.10 Å². The molecule has 2 aromatic rings. The maximum absolute atomic E-state index is 12.8. The summed E-state index contributed by atoms with van der Waals surface area (Å²) in [5.41, 5.74) is 2.20. The predicted molar refractivity (Wildman–Crippen MR) is 136 cm³/mol. The number of amides is 3. The Labute approximate surface area is 215 Å². The van der Waals surface area contributed by atoms with Gasteiger partial charge in [0.2, 0.25) is 5.91 Å². The largest absolute Gasteiger partial charge is 0.466 e. The van der Waals surface area contributed by atoms with Crippen molar-refractivity contribution in [3.8, 4) is 0 Å². The fourth-order valence-corrected chi connectivity index (χ4v) is 4.44. The van der Waals surface area contributed by atoms with Gasteiger partial charge in [-0.2, -0.15) is 5.10 Å². The van der Waals surface area contributed by atoms with Crippen LogP contribution in [0.15, 0.2) is 53.6 Å². The third-order valence-corrected chi connectivity index (χ3v) is 6.33. The second kappa shape index (κ2) is 11.5. The van der Waals surface area contributed by atoms with Crippen LogP contribution in [-0.4, -0.2) is 55.1 Å². The van der Waals surface area contributed by atoms with Crippen LogP contribution >= 0.6 is 11.6 Å². The molecule has 9 nitrogen and oxygen atoms in total. The van der Waals surface area contributed by atoms with Crippen LogP contribution in [-0.2, 0) is 25.5 Å². The number of hydrazone groups is 1. The van der Waals surface area contributed by atoms with Crippen LogP contribution in [0, 0.1) is 0 Å². The maximum Gasteiger partial charge on any atom is 0.330 e. The highest BCUT2D eigenvalue weighted by atomic mass is 35.5. The summed E-state index contributed by atoms with van der Waals surface area (Å²) >= 11 is 6.09. The molecule has 2 saturated heterocycles. The Morgan fingerprint density at radius 3 is 2.72 bits per heavy atom. The van der Waals surface area contributed by atoms with Gasteiger partial charge in [0.15, 0.2) is 0 Å². The summed E-state index contributed by atoms with van der Waals surface area (Å²) in [6, 6.07) is 13.8. The fourth-order valence-electron chi connectivity index (χ4n) is 4.24. The Balaban J connectivity index is 1.31. The third-order valence-electron chi connectivity index (χ3n) is 6.10. The van der Waals surface area contributed by atoms with E-state index >= 15 is 0 Å². The van der Waals surface area contributed by atoms with E-state index in [0.717, 1.165) is 28.9 Å². The second-order valence-corrected chi connectivity index (χ2v) is 9.12. The number of rotatable bonds is 8. The topological polar surface area (TPSA) is 101 Å². The van der Waals surface area contributed by atoms with Gasteiger partial charge in [0, 0.05) is 12.1 Å². The minimum absolute atomic E-state index is 0.0429. The number of anilines is 1. The third kappa shape index (κ3) is 6.22. The van der Waals surface area contributed by atoms with Crippen LogP contribution in [0.1, 0.15) is 43.4 Å². The lowest BCUT2D eigenvalue weighted by Crippen LogP contribution is -2.59. The van der Waals surface area contributed by atoms with Crippen molar-refractivity contribution in [2.75, 3.05) is 18.6 Å². The van der Waals surface area contributed by atoms with E-state index in [-0.39, 0.29) is 36.9 Å². The zero-order chi connectivity index (χ0) is 25.7. The van der Waals surface area contributed by atoms with Gasteiger partial charge in [0.05, 0.1) is 43.6 Å². The first-order valence-corrected chi connectivity index (χ1v) is 12.3. The number of esters is 1. The molecule has 1 N–H and O–H groups in total. The number of carbonyl (C=O) groups excluding carboxylic acids is 3. The van der Waals surface area contributed by atoms with E-state index in [9.17, 15) is 14.4 Å². The smallest absolute Gasteiger partial charge is 0.330 e. The van der Waals surface area contributed by atoms with Gasteiger partial charge in [0.1, 0.15) is 6.17 Å². The summed E-state index contributed by atoms with van der Waals surface area (Å²) < 4.78 is 11.0. The van der Waals surface area contributed by atoms with Crippen molar-refractivity contribution in [3.05, 3.63) is 64.7 Å². The molecule has 36 heavy (non-hydrogen) atoms. The average Bonchev–Trinajstić information content (AvgIpc) is 3.32. The lowest BCUT2D eigenvalue weighted by molar-refractivity contribution is -0.142. The number of ether oxygens (including phenoxy) is 2. The molecule has 0 aliphatic carbocycles. The Kier molecular flexibility index (Phi) is 8.22. The average molecular weight is 513 g/mol. The molecule has 4 rings (SSSR count). The number of nitrogens with zero attached hydrogens (tertiary/aromatic N) is 3. The molecule has 2 aliphatic heterocycles. The molecule has 3 atom stereocenters. The van der Waals surface area contributed by atoms with E-state index in [1.807, 2.05) is 24.3 Å². The molecule has 0 saturated carbocycles. The zero-order valence-corrected chi connectivity index (χ0v) is 21.0. The minimum Gasteiger partial charge on any atom is -0.466 e. The molecule has 0 aromatic heterocycles. The van der Waals surface area contributed by atoms with Gasteiger partial charge in [-0.1, -0.05) is 35.9 Å². The van der Waals surface area contributed by atoms with E-state index in [4.69, 9.17) is 21.1 Å². The number of hydrogen-bond donors (Lipinski definition) is 1. The molecule has 2 aromatic carbocycles. The van der Waals surface area contributed by atoms with Crippen molar-refractivity contribution < 1.29 is 23.9 Å². The SMILES string of the molecule is CCOC(=O)Cc1ccc(N2C(=O)CC(N(C)/N=C/C3CCC(c4cccc(Cl)c4)O3)NC2=O)cc1. The highest BCUT2D eigenvalue weighted by Crippen LogP contribution is 2.33. The Morgan fingerprint density at radius 2 is 2.03 bits per heavy atom. The van der Waals surface area contributed by atoms with Gasteiger partial charge in [-0.05, 0) is 55.2 Å². The summed E-state index contributed by atoms with van der Waals surface area (Å²) in [6.07, 6.45) is 2.76. The van der Waals surface area contributed by atoms with Crippen LogP contribution in [0.3, 0.4) is 0 Å². The van der Waals surface area contributed by atoms with Crippen LogP contribution in [0.4, 0.5) is 10.5 Å². The van der Waals surface area contributed by atoms with Gasteiger partial charge in [0.25, 0.3) is 0 Å². The first-order chi connectivity index (χ1) is 17.3. The number of halogens is 1. The van der Waals surface area contributed by atoms with Gasteiger partial charge >= 0.3 is 12.0 Å². The molecule has 0 spiro atoms. The second-order valence-electron chi connectivity index (χ2n) is 8.68. The highest BCUT2D eigenvalue weighted by molar-refractivity contribution is 6.30. The maximum atomic E-state index is 12.8. The van der Waals surface area contributed by atoms with Gasteiger partial charge in [-0.25, -0.2) is 9.69 Å². The van der Waals surface area contributed by atoms with Crippen LogP contribution in [0.5, 0.6) is 0 Å². The molecule has 2 aliphatic rings. The first-order valence-electron chi connectivity index (χ1n) is 11.9. The minimum atomic E-state index is -0.578. The van der Waals surface area contributed by atoms with Gasteiger partial charge < -0.3 is 14.8 Å². The summed E-state index contributed by atoms with van der Waals surface area (Å²) in [5.74, 6) is -0.673. The summed E-state index contributed by atoms with van der Waals surface area (Å²) in [5, 5.41) is 9.48. The van der Waals surface area contributed by atoms with E-state index in [1.165, 1.54) is 0 Å². The molecule has 2 heterocycles. The van der Waals surface area contributed by atoms with Crippen LogP contribution in [0.2, 0.25) is 5.02 Å². The molecular formula is C26H29ClN4O5. The number of benzene rings is 2. The zero-order valence-electron chi connectivity index (χ0n) is 20.2. The van der Waals surface area contributed by atoms with Crippen molar-refractivity contribution in [1.82, 2.24) is 10.3 Å². The normalized spacial score (nSPS) is 22.1. The van der Waals surface area contributed by atoms with Crippen molar-refractivity contribution in [2.45, 2.75) is 51.0 Å². The van der Waals surface area contributed by atoms with E-state index in [1.54, 1.807) is 49.5 Å². The number of hydrogen-bond acceptors (Lipinski definition) is 7. The van der Waals surface area contributed by atoms with Gasteiger partial charge in [-0.3, -0.25) is 14.6 Å². The lowest BCUT2D eigenvalue weighted by Gasteiger charge is -2.34. The molecule has 0 bridgehead atoms. The van der Waals surface area contributed by atoms with E-state index in [2.05, 4.69) is 10.4 Å². The quantitative estimate of drug-likeness (QED) is 0.325. The first kappa shape index (κ1) is 25.7. The number of imide groups is 1. The predicted octanol–water partition coefficient (Wildman–Crippen LogP) is 4.06. The van der Waals surface area contributed by atoms with E-state index in [0.29, 0.717) is 17.3 Å². The van der Waals surface area contributed by atoms with E-state index < -0.39 is 12.2 Å². The molecule has 0 radical (unpaired) electrons. The Hall–Kier alpha value is -3.43. The molecular weight excluding hydrogens is 484 g/mol. The molecule has 3 unspecified atom stereocenters. The van der Waals surface area contributed by atoms with Crippen molar-refractivity contribution >= 4 is 41.4 Å². The molecule has 2 fully saturated rings. The standard InChI is InChI=1S/C26H29ClN4O5/c1-3-35-25(33)13-17-7-9-20(10-8-17)31-24(32)15-23(29-26(31)34)30(2)28-16-21-11-12-22(36-21)18-5-4-6-19(27)14-18/h4-10,14,16,21-23H,3,11-13,15H2,1-2H3,(H,29,34)/b28-16+. The lowest BCUT2D eigenvalue weighted by atomic mass is 10.1. The number of nitrogens with one attached hydrogen (secondary N) is 1. The van der Waals surface area contributed by atoms with Gasteiger partial charge in [-0.15, -0.1) is 0 Å². The van der Waals surface area contributed by atoms with Crippen LogP contribution < -0.4 is 10.2 Å². The Morgan fingerprint density at radius 1 is 1.25 bits per heavy atom. The summed E-state index contributed by atoms with van der Waals surface area (Å²) in [6.45, 7) is 2.06. The van der Waals surface area contributed by atoms with Crippen LogP contribution in [0.25, 0.3) is 0 Å². The fraction of sp³-hybridized carbons (Fsp3) is 0.385. The molecule has 3 amide bonds. The number of urea groups is 1. The Bertz CT molecular complexity index is 1120.